The Morgan fingerprint density at radius 2 is 1.78 bits per heavy atom. The highest BCUT2D eigenvalue weighted by atomic mass is 127. The van der Waals surface area contributed by atoms with Gasteiger partial charge < -0.3 is 10.3 Å². The summed E-state index contributed by atoms with van der Waals surface area (Å²) in [5.74, 6) is -0.456. The number of carbonyl (C=O) groups excluding carboxylic acids is 1. The Bertz CT molecular complexity index is 1510. The van der Waals surface area contributed by atoms with Crippen molar-refractivity contribution >= 4 is 73.5 Å². The normalized spacial score (nSPS) is 11.3. The zero-order valence-electron chi connectivity index (χ0n) is 16.7. The summed E-state index contributed by atoms with van der Waals surface area (Å²) in [6.45, 7) is 0.644. The predicted octanol–water partition coefficient (Wildman–Crippen LogP) is 7.32. The third-order valence-electron chi connectivity index (χ3n) is 5.56. The smallest absolute Gasteiger partial charge is 0.249 e. The molecule has 3 nitrogen and oxygen atoms in total. The third-order valence-corrected chi connectivity index (χ3v) is 6.82. The van der Waals surface area contributed by atoms with E-state index >= 15 is 0 Å². The van der Waals surface area contributed by atoms with E-state index in [1.54, 1.807) is 12.1 Å². The number of halogens is 3. The molecule has 1 heterocycles. The van der Waals surface area contributed by atoms with Crippen LogP contribution in [0.1, 0.15) is 15.9 Å². The van der Waals surface area contributed by atoms with Crippen molar-refractivity contribution in [1.82, 2.24) is 4.57 Å². The Kier molecular flexibility index (Phi) is 5.61. The molecule has 32 heavy (non-hydrogen) atoms. The number of carbonyl (C=O) groups is 1. The molecule has 4 aromatic carbocycles. The molecule has 6 heteroatoms. The van der Waals surface area contributed by atoms with Gasteiger partial charge in [0.1, 0.15) is 0 Å². The highest BCUT2D eigenvalue weighted by Crippen LogP contribution is 2.37. The molecule has 0 aliphatic heterocycles. The molecule has 1 radical (unpaired) electrons. The fraction of sp³-hybridized carbons (Fsp3) is 0.0385. The van der Waals surface area contributed by atoms with E-state index < -0.39 is 5.91 Å². The standard InChI is InChI=1S/C26H16Cl2IN2O/c27-17-7-11-19(22(28)13-17)16-6-10-20-24(12-16)31(14-15-4-8-18(29)9-5-15)23-3-1-2-21(25(20)23)26(30)32/h1-9,11-13H,14H2,(H2,30,32). The van der Waals surface area contributed by atoms with Crippen molar-refractivity contribution in [3.63, 3.8) is 0 Å². The highest BCUT2D eigenvalue weighted by molar-refractivity contribution is 14.1. The van der Waals surface area contributed by atoms with Gasteiger partial charge in [-0.05, 0) is 88.3 Å². The lowest BCUT2D eigenvalue weighted by Crippen LogP contribution is -2.11. The number of amides is 1. The fourth-order valence-electron chi connectivity index (χ4n) is 4.08. The molecule has 0 aliphatic rings. The summed E-state index contributed by atoms with van der Waals surface area (Å²) in [5, 5.41) is 2.83. The van der Waals surface area contributed by atoms with Crippen LogP contribution in [0.4, 0.5) is 0 Å². The summed E-state index contributed by atoms with van der Waals surface area (Å²) >= 11 is 14.9. The van der Waals surface area contributed by atoms with Gasteiger partial charge in [0.05, 0.1) is 11.0 Å². The quantitative estimate of drug-likeness (QED) is 0.226. The van der Waals surface area contributed by atoms with E-state index in [9.17, 15) is 4.79 Å². The molecular weight excluding hydrogens is 554 g/mol. The molecule has 0 saturated heterocycles. The molecule has 0 fully saturated rings. The first-order chi connectivity index (χ1) is 15.4. The summed E-state index contributed by atoms with van der Waals surface area (Å²) in [4.78, 5) is 12.2. The minimum Gasteiger partial charge on any atom is -0.366 e. The fourth-order valence-corrected chi connectivity index (χ4v) is 4.96. The number of nitrogens with zero attached hydrogens (tertiary/aromatic N) is 1. The number of hydrogen-bond acceptors (Lipinski definition) is 1. The maximum atomic E-state index is 12.2. The molecule has 1 aromatic heterocycles. The summed E-state index contributed by atoms with van der Waals surface area (Å²) in [7, 11) is 0. The zero-order valence-corrected chi connectivity index (χ0v) is 20.4. The van der Waals surface area contributed by atoms with Crippen molar-refractivity contribution in [3.05, 3.63) is 104 Å². The number of aromatic nitrogens is 1. The van der Waals surface area contributed by atoms with E-state index in [0.717, 1.165) is 38.5 Å². The van der Waals surface area contributed by atoms with Crippen LogP contribution in [0.25, 0.3) is 32.9 Å². The van der Waals surface area contributed by atoms with E-state index in [1.165, 1.54) is 3.57 Å². The van der Waals surface area contributed by atoms with Crippen molar-refractivity contribution in [2.75, 3.05) is 0 Å². The Labute approximate surface area is 208 Å². The van der Waals surface area contributed by atoms with Gasteiger partial charge in [-0.3, -0.25) is 4.79 Å². The van der Waals surface area contributed by atoms with Gasteiger partial charge >= 0.3 is 0 Å². The van der Waals surface area contributed by atoms with Crippen LogP contribution in [0.2, 0.25) is 10.0 Å². The van der Waals surface area contributed by atoms with Crippen molar-refractivity contribution in [3.8, 4) is 11.1 Å². The predicted molar refractivity (Wildman–Crippen MR) is 141 cm³/mol. The van der Waals surface area contributed by atoms with Gasteiger partial charge in [-0.25, -0.2) is 0 Å². The van der Waals surface area contributed by atoms with E-state index in [1.807, 2.05) is 30.3 Å². The number of rotatable bonds is 4. The van der Waals surface area contributed by atoms with Crippen molar-refractivity contribution in [2.45, 2.75) is 6.54 Å². The van der Waals surface area contributed by atoms with Gasteiger partial charge in [0, 0.05) is 42.1 Å². The maximum Gasteiger partial charge on any atom is 0.249 e. The molecule has 0 spiro atoms. The summed E-state index contributed by atoms with van der Waals surface area (Å²) < 4.78 is 3.38. The molecule has 5 aromatic rings. The topological polar surface area (TPSA) is 48.0 Å². The van der Waals surface area contributed by atoms with Crippen LogP contribution < -0.4 is 5.73 Å². The largest absolute Gasteiger partial charge is 0.366 e. The van der Waals surface area contributed by atoms with E-state index in [2.05, 4.69) is 63.6 Å². The molecule has 0 saturated carbocycles. The Morgan fingerprint density at radius 3 is 2.50 bits per heavy atom. The third kappa shape index (κ3) is 3.76. The first kappa shape index (κ1) is 21.3. The van der Waals surface area contributed by atoms with Crippen molar-refractivity contribution in [1.29, 1.82) is 0 Å². The SMILES string of the molecule is NC(=O)c1cccc2c1c1[c]cc(-c3ccc(Cl)cc3Cl)cc1n2Cc1ccc(I)cc1. The monoisotopic (exact) mass is 569 g/mol. The lowest BCUT2D eigenvalue weighted by atomic mass is 10.0. The number of nitrogens with two attached hydrogens (primary N) is 1. The van der Waals surface area contributed by atoms with Gasteiger partial charge in [0.2, 0.25) is 5.91 Å². The number of hydrogen-bond donors (Lipinski definition) is 1. The summed E-state index contributed by atoms with van der Waals surface area (Å²) in [5.41, 5.74) is 11.0. The van der Waals surface area contributed by atoms with Gasteiger partial charge in [-0.15, -0.1) is 0 Å². The highest BCUT2D eigenvalue weighted by Gasteiger charge is 2.18. The molecule has 0 aliphatic carbocycles. The molecule has 157 valence electrons. The van der Waals surface area contributed by atoms with Gasteiger partial charge in [0.15, 0.2) is 0 Å². The van der Waals surface area contributed by atoms with Crippen LogP contribution in [0.3, 0.4) is 0 Å². The number of benzene rings is 4. The van der Waals surface area contributed by atoms with Crippen LogP contribution in [0.5, 0.6) is 0 Å². The minimum absolute atomic E-state index is 0.456. The Morgan fingerprint density at radius 1 is 1.00 bits per heavy atom. The zero-order chi connectivity index (χ0) is 22.4. The minimum atomic E-state index is -0.456. The van der Waals surface area contributed by atoms with Crippen molar-refractivity contribution < 1.29 is 4.79 Å². The number of fused-ring (bicyclic) bond motifs is 3. The molecule has 1 amide bonds. The van der Waals surface area contributed by atoms with Crippen LogP contribution in [-0.4, -0.2) is 10.5 Å². The second kappa shape index (κ2) is 8.43. The molecular formula is C26H16Cl2IN2O. The average Bonchev–Trinajstić information content (AvgIpc) is 3.08. The number of primary amides is 1. The van der Waals surface area contributed by atoms with Gasteiger partial charge in [-0.1, -0.05) is 47.5 Å². The first-order valence-electron chi connectivity index (χ1n) is 9.88. The molecule has 0 bridgehead atoms. The van der Waals surface area contributed by atoms with Crippen LogP contribution in [0, 0.1) is 9.64 Å². The summed E-state index contributed by atoms with van der Waals surface area (Å²) in [6.07, 6.45) is 0. The van der Waals surface area contributed by atoms with Crippen LogP contribution in [-0.2, 0) is 6.54 Å². The first-order valence-corrected chi connectivity index (χ1v) is 11.7. The summed E-state index contributed by atoms with van der Waals surface area (Å²) in [6, 6.07) is 26.9. The maximum absolute atomic E-state index is 12.2. The lowest BCUT2D eigenvalue weighted by Gasteiger charge is -2.10. The van der Waals surface area contributed by atoms with E-state index in [0.29, 0.717) is 22.2 Å². The van der Waals surface area contributed by atoms with E-state index in [4.69, 9.17) is 28.9 Å². The van der Waals surface area contributed by atoms with Crippen LogP contribution in [0.15, 0.2) is 72.8 Å². The van der Waals surface area contributed by atoms with Gasteiger partial charge in [0.25, 0.3) is 0 Å². The van der Waals surface area contributed by atoms with E-state index in [-0.39, 0.29) is 0 Å². The second-order valence-electron chi connectivity index (χ2n) is 7.55. The van der Waals surface area contributed by atoms with Crippen molar-refractivity contribution in [2.24, 2.45) is 5.73 Å². The lowest BCUT2D eigenvalue weighted by molar-refractivity contribution is 0.100. The Hall–Kier alpha value is -2.54. The Balaban J connectivity index is 1.80. The molecule has 2 N–H and O–H groups in total. The second-order valence-corrected chi connectivity index (χ2v) is 9.64. The molecule has 5 rings (SSSR count). The average molecular weight is 570 g/mol. The molecule has 0 unspecified atom stereocenters. The molecule has 0 atom stereocenters. The van der Waals surface area contributed by atoms with Gasteiger partial charge in [-0.2, -0.15) is 0 Å². The van der Waals surface area contributed by atoms with Crippen LogP contribution >= 0.6 is 45.8 Å².